The number of aromatic amines is 1. The topological polar surface area (TPSA) is 52.2 Å². The largest absolute Gasteiger partial charge is 0.388 e. The molecule has 2 aromatic carbocycles. The first kappa shape index (κ1) is 23.3. The fraction of sp³-hybridized carbons (Fsp3) is 0.321. The molecule has 0 aliphatic heterocycles. The second-order valence-electron chi connectivity index (χ2n) is 8.62. The molecule has 2 aromatic heterocycles. The quantitative estimate of drug-likeness (QED) is 0.261. The molecule has 0 saturated heterocycles. The van der Waals surface area contributed by atoms with E-state index in [2.05, 4.69) is 65.3 Å². The average molecular weight is 462 g/mol. The Morgan fingerprint density at radius 2 is 1.55 bits per heavy atom. The van der Waals surface area contributed by atoms with Crippen molar-refractivity contribution in [3.8, 4) is 0 Å². The van der Waals surface area contributed by atoms with E-state index in [0.717, 1.165) is 46.4 Å². The molecule has 0 saturated carbocycles. The summed E-state index contributed by atoms with van der Waals surface area (Å²) in [6.45, 7) is 7.57. The minimum atomic E-state index is -0.544. The van der Waals surface area contributed by atoms with Crippen LogP contribution < -0.4 is 4.90 Å². The minimum absolute atomic E-state index is 0.522. The van der Waals surface area contributed by atoms with E-state index in [0.29, 0.717) is 24.7 Å². The highest BCUT2D eigenvalue weighted by Gasteiger charge is 2.25. The summed E-state index contributed by atoms with van der Waals surface area (Å²) in [5, 5.41) is 12.4. The standard InChI is InChI=1S/C28H32ClN3O/c1-4-12-22-25-24(23(33)5-2)19(3)30-26(25)28(31-27(22)29)32(17-20-13-8-6-9-14-20)18-21-15-10-7-11-16-21/h6-11,13-16,23,30,33H,4-5,12,17-18H2,1-3H3. The molecular formula is C28H32ClN3O. The highest BCUT2D eigenvalue weighted by molar-refractivity contribution is 6.31. The van der Waals surface area contributed by atoms with E-state index in [4.69, 9.17) is 16.6 Å². The van der Waals surface area contributed by atoms with E-state index in [9.17, 15) is 5.11 Å². The Morgan fingerprint density at radius 1 is 0.970 bits per heavy atom. The summed E-state index contributed by atoms with van der Waals surface area (Å²) in [5.41, 5.74) is 6.30. The van der Waals surface area contributed by atoms with Crippen molar-refractivity contribution in [2.24, 2.45) is 0 Å². The van der Waals surface area contributed by atoms with Crippen LogP contribution in [0.4, 0.5) is 5.82 Å². The number of nitrogens with one attached hydrogen (secondary N) is 1. The van der Waals surface area contributed by atoms with Crippen LogP contribution in [0.2, 0.25) is 5.15 Å². The van der Waals surface area contributed by atoms with Crippen LogP contribution in [0.25, 0.3) is 10.9 Å². The van der Waals surface area contributed by atoms with E-state index in [1.165, 1.54) is 11.1 Å². The number of aryl methyl sites for hydroxylation is 2. The molecule has 0 amide bonds. The molecule has 0 aliphatic rings. The van der Waals surface area contributed by atoms with Crippen LogP contribution in [0, 0.1) is 6.92 Å². The fourth-order valence-electron chi connectivity index (χ4n) is 4.58. The van der Waals surface area contributed by atoms with Crippen LogP contribution in [-0.4, -0.2) is 15.1 Å². The first-order valence-corrected chi connectivity index (χ1v) is 12.1. The van der Waals surface area contributed by atoms with Gasteiger partial charge in [-0.05, 0) is 36.5 Å². The van der Waals surface area contributed by atoms with Gasteiger partial charge < -0.3 is 15.0 Å². The number of aliphatic hydroxyl groups is 1. The van der Waals surface area contributed by atoms with Crippen molar-refractivity contribution < 1.29 is 5.11 Å². The third kappa shape index (κ3) is 4.92. The van der Waals surface area contributed by atoms with Gasteiger partial charge in [-0.1, -0.05) is 92.5 Å². The molecule has 1 atom stereocenters. The molecule has 4 aromatic rings. The number of H-pyrrole nitrogens is 1. The Balaban J connectivity index is 1.92. The summed E-state index contributed by atoms with van der Waals surface area (Å²) in [7, 11) is 0. The number of rotatable bonds is 9. The Kier molecular flexibility index (Phi) is 7.36. The number of hydrogen-bond donors (Lipinski definition) is 2. The van der Waals surface area contributed by atoms with Gasteiger partial charge in [0, 0.05) is 29.7 Å². The number of fused-ring (bicyclic) bond motifs is 1. The summed E-state index contributed by atoms with van der Waals surface area (Å²) in [6.07, 6.45) is 1.88. The fourth-order valence-corrected chi connectivity index (χ4v) is 4.85. The molecular weight excluding hydrogens is 430 g/mol. The number of pyridine rings is 1. The van der Waals surface area contributed by atoms with Crippen molar-refractivity contribution in [1.29, 1.82) is 0 Å². The van der Waals surface area contributed by atoms with E-state index < -0.39 is 6.10 Å². The van der Waals surface area contributed by atoms with E-state index >= 15 is 0 Å². The Bertz CT molecular complexity index is 1160. The second kappa shape index (κ2) is 10.4. The summed E-state index contributed by atoms with van der Waals surface area (Å²) >= 11 is 6.83. The van der Waals surface area contributed by atoms with E-state index in [-0.39, 0.29) is 0 Å². The Hall–Kier alpha value is -2.82. The Morgan fingerprint density at radius 3 is 2.06 bits per heavy atom. The van der Waals surface area contributed by atoms with E-state index in [1.54, 1.807) is 0 Å². The van der Waals surface area contributed by atoms with Gasteiger partial charge in [0.2, 0.25) is 0 Å². The Labute approximate surface area is 201 Å². The monoisotopic (exact) mass is 461 g/mol. The summed E-state index contributed by atoms with van der Waals surface area (Å²) in [6, 6.07) is 20.8. The van der Waals surface area contributed by atoms with Crippen molar-refractivity contribution in [3.05, 3.63) is 93.8 Å². The smallest absolute Gasteiger partial charge is 0.155 e. The van der Waals surface area contributed by atoms with Crippen LogP contribution >= 0.6 is 11.6 Å². The first-order valence-electron chi connectivity index (χ1n) is 11.7. The molecule has 0 fully saturated rings. The predicted octanol–water partition coefficient (Wildman–Crippen LogP) is 7.13. The van der Waals surface area contributed by atoms with Crippen molar-refractivity contribution in [3.63, 3.8) is 0 Å². The molecule has 33 heavy (non-hydrogen) atoms. The van der Waals surface area contributed by atoms with Gasteiger partial charge in [0.05, 0.1) is 11.6 Å². The van der Waals surface area contributed by atoms with Crippen LogP contribution in [0.3, 0.4) is 0 Å². The summed E-state index contributed by atoms with van der Waals surface area (Å²) in [4.78, 5) is 10.8. The highest BCUT2D eigenvalue weighted by Crippen LogP contribution is 2.40. The molecule has 172 valence electrons. The zero-order chi connectivity index (χ0) is 23.4. The maximum atomic E-state index is 10.9. The lowest BCUT2D eigenvalue weighted by Crippen LogP contribution is -2.24. The SMILES string of the molecule is CCCc1c(Cl)nc(N(Cc2ccccc2)Cc2ccccc2)c2[nH]c(C)c(C(O)CC)c12. The van der Waals surface area contributed by atoms with Crippen molar-refractivity contribution in [2.75, 3.05) is 4.90 Å². The lowest BCUT2D eigenvalue weighted by molar-refractivity contribution is 0.174. The third-order valence-electron chi connectivity index (χ3n) is 6.17. The normalized spacial score (nSPS) is 12.3. The molecule has 2 N–H and O–H groups in total. The van der Waals surface area contributed by atoms with Gasteiger partial charge in [-0.15, -0.1) is 0 Å². The maximum absolute atomic E-state index is 10.9. The molecule has 2 heterocycles. The third-order valence-corrected chi connectivity index (χ3v) is 6.48. The zero-order valence-electron chi connectivity index (χ0n) is 19.6. The van der Waals surface area contributed by atoms with Gasteiger partial charge in [0.15, 0.2) is 5.82 Å². The number of nitrogens with zero attached hydrogens (tertiary/aromatic N) is 2. The number of anilines is 1. The number of aliphatic hydroxyl groups excluding tert-OH is 1. The predicted molar refractivity (Wildman–Crippen MR) is 138 cm³/mol. The number of hydrogen-bond acceptors (Lipinski definition) is 3. The maximum Gasteiger partial charge on any atom is 0.155 e. The van der Waals surface area contributed by atoms with Gasteiger partial charge in [0.25, 0.3) is 0 Å². The van der Waals surface area contributed by atoms with Crippen molar-refractivity contribution in [1.82, 2.24) is 9.97 Å². The highest BCUT2D eigenvalue weighted by atomic mass is 35.5. The summed E-state index contributed by atoms with van der Waals surface area (Å²) < 4.78 is 0. The molecule has 4 rings (SSSR count). The number of benzene rings is 2. The van der Waals surface area contributed by atoms with Crippen LogP contribution in [0.5, 0.6) is 0 Å². The summed E-state index contributed by atoms with van der Waals surface area (Å²) in [5.74, 6) is 0.820. The van der Waals surface area contributed by atoms with E-state index in [1.807, 2.05) is 26.0 Å². The second-order valence-corrected chi connectivity index (χ2v) is 8.98. The molecule has 0 radical (unpaired) electrons. The lowest BCUT2D eigenvalue weighted by atomic mass is 9.98. The zero-order valence-corrected chi connectivity index (χ0v) is 20.4. The van der Waals surface area contributed by atoms with Crippen LogP contribution in [0.1, 0.15) is 60.7 Å². The van der Waals surface area contributed by atoms with Crippen LogP contribution in [-0.2, 0) is 19.5 Å². The molecule has 0 spiro atoms. The minimum Gasteiger partial charge on any atom is -0.388 e. The van der Waals surface area contributed by atoms with Gasteiger partial charge in [0.1, 0.15) is 5.15 Å². The molecule has 5 heteroatoms. The van der Waals surface area contributed by atoms with Gasteiger partial charge in [-0.2, -0.15) is 0 Å². The molecule has 0 bridgehead atoms. The average Bonchev–Trinajstić information content (AvgIpc) is 3.18. The van der Waals surface area contributed by atoms with Crippen molar-refractivity contribution in [2.45, 2.75) is 59.2 Å². The van der Waals surface area contributed by atoms with Gasteiger partial charge in [-0.25, -0.2) is 4.98 Å². The van der Waals surface area contributed by atoms with Crippen molar-refractivity contribution >= 4 is 28.3 Å². The molecule has 0 aliphatic carbocycles. The first-order chi connectivity index (χ1) is 16.0. The molecule has 1 unspecified atom stereocenters. The lowest BCUT2D eigenvalue weighted by Gasteiger charge is -2.26. The number of halogens is 1. The van der Waals surface area contributed by atoms with Gasteiger partial charge in [-0.3, -0.25) is 0 Å². The van der Waals surface area contributed by atoms with Crippen LogP contribution in [0.15, 0.2) is 60.7 Å². The van der Waals surface area contributed by atoms with Gasteiger partial charge >= 0.3 is 0 Å². The number of aromatic nitrogens is 2. The molecule has 4 nitrogen and oxygen atoms in total.